The molecule has 2 aromatic carbocycles. The highest BCUT2D eigenvalue weighted by Crippen LogP contribution is 2.31. The summed E-state index contributed by atoms with van der Waals surface area (Å²) in [5.41, 5.74) is 1.60. The molecule has 0 aliphatic carbocycles. The number of anilines is 1. The number of furan rings is 1. The smallest absolute Gasteiger partial charge is 0.293 e. The van der Waals surface area contributed by atoms with E-state index in [1.807, 2.05) is 19.1 Å². The van der Waals surface area contributed by atoms with Crippen LogP contribution < -0.4 is 5.32 Å². The number of rotatable bonds is 3. The molecule has 1 amide bonds. The van der Waals surface area contributed by atoms with Gasteiger partial charge in [-0.05, 0) is 43.3 Å². The Labute approximate surface area is 170 Å². The lowest BCUT2D eigenvalue weighted by molar-refractivity contribution is 0.0998. The zero-order chi connectivity index (χ0) is 19.1. The van der Waals surface area contributed by atoms with Crippen LogP contribution in [0.3, 0.4) is 0 Å². The van der Waals surface area contributed by atoms with E-state index in [1.54, 1.807) is 12.1 Å². The number of carbonyl (C=O) groups excluding carboxylic acids is 1. The normalized spacial score (nSPS) is 11.1. The van der Waals surface area contributed by atoms with Gasteiger partial charge in [-0.25, -0.2) is 4.39 Å². The quantitative estimate of drug-likeness (QED) is 0.398. The molecule has 0 aliphatic heterocycles. The van der Waals surface area contributed by atoms with Crippen LogP contribution in [0.4, 0.5) is 9.52 Å². The minimum atomic E-state index is -0.504. The Kier molecular flexibility index (Phi) is 4.71. The van der Waals surface area contributed by atoms with Crippen molar-refractivity contribution in [1.82, 2.24) is 10.2 Å². The summed E-state index contributed by atoms with van der Waals surface area (Å²) in [4.78, 5) is 12.6. The van der Waals surface area contributed by atoms with Crippen LogP contribution in [0.15, 0.2) is 45.3 Å². The molecule has 0 bridgehead atoms. The summed E-state index contributed by atoms with van der Waals surface area (Å²) in [6, 6.07) is 9.80. The van der Waals surface area contributed by atoms with Crippen molar-refractivity contribution in [2.24, 2.45) is 0 Å². The first-order valence-corrected chi connectivity index (χ1v) is 9.70. The number of nitrogens with zero attached hydrogens (tertiary/aromatic N) is 2. The lowest BCUT2D eigenvalue weighted by Gasteiger charge is -1.99. The Bertz CT molecular complexity index is 1190. The molecule has 0 saturated heterocycles. The number of carbonyl (C=O) groups is 1. The van der Waals surface area contributed by atoms with Crippen LogP contribution in [-0.4, -0.2) is 16.1 Å². The second-order valence-electron chi connectivity index (χ2n) is 5.69. The van der Waals surface area contributed by atoms with Gasteiger partial charge in [0.15, 0.2) is 10.8 Å². The van der Waals surface area contributed by atoms with E-state index < -0.39 is 11.7 Å². The van der Waals surface area contributed by atoms with Crippen LogP contribution in [0.2, 0.25) is 5.02 Å². The van der Waals surface area contributed by atoms with E-state index >= 15 is 0 Å². The third-order valence-corrected chi connectivity index (χ3v) is 5.51. The molecule has 2 heterocycles. The van der Waals surface area contributed by atoms with Gasteiger partial charge in [0.2, 0.25) is 5.13 Å². The van der Waals surface area contributed by atoms with Crippen LogP contribution in [0.5, 0.6) is 0 Å². The first-order valence-electron chi connectivity index (χ1n) is 7.71. The number of amides is 1. The molecular formula is C18H10BrClFN3O2S. The summed E-state index contributed by atoms with van der Waals surface area (Å²) < 4.78 is 20.6. The summed E-state index contributed by atoms with van der Waals surface area (Å²) in [6.07, 6.45) is 0. The molecule has 9 heteroatoms. The summed E-state index contributed by atoms with van der Waals surface area (Å²) in [7, 11) is 0. The van der Waals surface area contributed by atoms with Gasteiger partial charge in [-0.3, -0.25) is 10.1 Å². The SMILES string of the molecule is Cc1c(C(=O)Nc2nnc(-c3ccc(Cl)cc3F)s2)oc2ccc(Br)cc12. The lowest BCUT2D eigenvalue weighted by atomic mass is 10.1. The van der Waals surface area contributed by atoms with E-state index in [9.17, 15) is 9.18 Å². The van der Waals surface area contributed by atoms with Gasteiger partial charge in [0, 0.05) is 26.0 Å². The van der Waals surface area contributed by atoms with Crippen molar-refractivity contribution < 1.29 is 13.6 Å². The maximum Gasteiger partial charge on any atom is 0.293 e. The van der Waals surface area contributed by atoms with Crippen LogP contribution in [-0.2, 0) is 0 Å². The highest BCUT2D eigenvalue weighted by molar-refractivity contribution is 9.10. The summed E-state index contributed by atoms with van der Waals surface area (Å²) in [5, 5.41) is 12.2. The topological polar surface area (TPSA) is 68.0 Å². The van der Waals surface area contributed by atoms with Crippen molar-refractivity contribution in [3.8, 4) is 10.6 Å². The number of aromatic nitrogens is 2. The number of aryl methyl sites for hydroxylation is 1. The minimum absolute atomic E-state index is 0.192. The zero-order valence-electron chi connectivity index (χ0n) is 13.7. The second-order valence-corrected chi connectivity index (χ2v) is 8.02. The molecule has 4 aromatic rings. The number of benzene rings is 2. The number of halogens is 3. The highest BCUT2D eigenvalue weighted by Gasteiger charge is 2.20. The molecule has 5 nitrogen and oxygen atoms in total. The standard InChI is InChI=1S/C18H10BrClFN3O2S/c1-8-12-6-9(19)2-5-14(12)26-15(8)16(25)22-18-24-23-17(27-18)11-4-3-10(20)7-13(11)21/h2-7H,1H3,(H,22,24,25). The van der Waals surface area contributed by atoms with Crippen molar-refractivity contribution in [2.75, 3.05) is 5.32 Å². The van der Waals surface area contributed by atoms with Gasteiger partial charge < -0.3 is 4.42 Å². The molecule has 27 heavy (non-hydrogen) atoms. The fraction of sp³-hybridized carbons (Fsp3) is 0.0556. The molecule has 0 aliphatic rings. The molecule has 0 fully saturated rings. The van der Waals surface area contributed by atoms with E-state index in [0.29, 0.717) is 15.6 Å². The van der Waals surface area contributed by atoms with Gasteiger partial charge >= 0.3 is 0 Å². The molecular weight excluding hydrogens is 457 g/mol. The summed E-state index contributed by atoms with van der Waals surface area (Å²) in [6.45, 7) is 1.81. The first-order chi connectivity index (χ1) is 12.9. The van der Waals surface area contributed by atoms with Gasteiger partial charge in [-0.2, -0.15) is 0 Å². The maximum atomic E-state index is 14.0. The molecule has 0 spiro atoms. The Balaban J connectivity index is 1.61. The van der Waals surface area contributed by atoms with Gasteiger partial charge in [0.05, 0.1) is 0 Å². The molecule has 136 valence electrons. The fourth-order valence-corrected chi connectivity index (χ4v) is 3.89. The number of fused-ring (bicyclic) bond motifs is 1. The third kappa shape index (κ3) is 3.47. The average molecular weight is 467 g/mol. The molecule has 1 N–H and O–H groups in total. The van der Waals surface area contributed by atoms with Crippen molar-refractivity contribution in [1.29, 1.82) is 0 Å². The Hall–Kier alpha value is -2.29. The van der Waals surface area contributed by atoms with E-state index in [1.165, 1.54) is 12.1 Å². The zero-order valence-corrected chi connectivity index (χ0v) is 16.9. The Morgan fingerprint density at radius 1 is 1.26 bits per heavy atom. The predicted octanol–water partition coefficient (Wildman–Crippen LogP) is 6.07. The summed E-state index contributed by atoms with van der Waals surface area (Å²) >= 11 is 10.2. The molecule has 0 unspecified atom stereocenters. The maximum absolute atomic E-state index is 14.0. The highest BCUT2D eigenvalue weighted by atomic mass is 79.9. The molecule has 0 atom stereocenters. The van der Waals surface area contributed by atoms with Crippen LogP contribution in [0.25, 0.3) is 21.5 Å². The largest absolute Gasteiger partial charge is 0.451 e. The van der Waals surface area contributed by atoms with Crippen molar-refractivity contribution in [2.45, 2.75) is 6.92 Å². The molecule has 0 radical (unpaired) electrons. The Morgan fingerprint density at radius 2 is 2.07 bits per heavy atom. The van der Waals surface area contributed by atoms with Crippen LogP contribution in [0, 0.1) is 12.7 Å². The molecule has 0 saturated carbocycles. The minimum Gasteiger partial charge on any atom is -0.451 e. The van der Waals surface area contributed by atoms with Gasteiger partial charge in [-0.15, -0.1) is 10.2 Å². The predicted molar refractivity (Wildman–Crippen MR) is 107 cm³/mol. The van der Waals surface area contributed by atoms with Crippen molar-refractivity contribution in [3.63, 3.8) is 0 Å². The van der Waals surface area contributed by atoms with Gasteiger partial charge in [0.25, 0.3) is 5.91 Å². The summed E-state index contributed by atoms with van der Waals surface area (Å²) in [5.74, 6) is -0.758. The van der Waals surface area contributed by atoms with E-state index in [-0.39, 0.29) is 16.5 Å². The number of nitrogens with one attached hydrogen (secondary N) is 1. The first kappa shape index (κ1) is 18.1. The monoisotopic (exact) mass is 465 g/mol. The lowest BCUT2D eigenvalue weighted by Crippen LogP contribution is -2.11. The van der Waals surface area contributed by atoms with Crippen LogP contribution in [0.1, 0.15) is 16.1 Å². The molecule has 2 aromatic heterocycles. The average Bonchev–Trinajstić information content (AvgIpc) is 3.20. The van der Waals surface area contributed by atoms with E-state index in [0.717, 1.165) is 26.8 Å². The van der Waals surface area contributed by atoms with Gasteiger partial charge in [-0.1, -0.05) is 38.9 Å². The number of hydrogen-bond donors (Lipinski definition) is 1. The van der Waals surface area contributed by atoms with E-state index in [4.69, 9.17) is 16.0 Å². The third-order valence-electron chi connectivity index (χ3n) is 3.91. The van der Waals surface area contributed by atoms with Crippen molar-refractivity contribution in [3.05, 3.63) is 63.0 Å². The second kappa shape index (κ2) is 7.03. The Morgan fingerprint density at radius 3 is 2.85 bits per heavy atom. The fourth-order valence-electron chi connectivity index (χ4n) is 2.61. The van der Waals surface area contributed by atoms with Crippen LogP contribution >= 0.6 is 38.9 Å². The van der Waals surface area contributed by atoms with Crippen molar-refractivity contribution >= 4 is 60.9 Å². The number of hydrogen-bond acceptors (Lipinski definition) is 5. The van der Waals surface area contributed by atoms with E-state index in [2.05, 4.69) is 31.4 Å². The van der Waals surface area contributed by atoms with Gasteiger partial charge in [0.1, 0.15) is 11.4 Å². The molecule has 4 rings (SSSR count).